The zero-order chi connectivity index (χ0) is 18.9. The summed E-state index contributed by atoms with van der Waals surface area (Å²) in [4.78, 5) is 33.2. The van der Waals surface area contributed by atoms with Crippen LogP contribution in [0.15, 0.2) is 48.5 Å². The molecule has 0 heterocycles. The number of carbonyl (C=O) groups excluding carboxylic acids is 2. The average molecular weight is 380 g/mol. The molecule has 0 fully saturated rings. The molecule has 2 N–H and O–H groups in total. The molecule has 0 aromatic heterocycles. The minimum absolute atomic E-state index is 0.0902. The van der Waals surface area contributed by atoms with E-state index >= 15 is 0 Å². The monoisotopic (exact) mass is 379 g/mol. The molecule has 10 heteroatoms. The molecule has 26 heavy (non-hydrogen) atoms. The number of carbonyl (C=O) groups is 2. The van der Waals surface area contributed by atoms with Gasteiger partial charge in [0.05, 0.1) is 9.95 Å². The number of para-hydroxylation sites is 1. The minimum atomic E-state index is -0.616. The second-order valence-electron chi connectivity index (χ2n) is 4.86. The third kappa shape index (κ3) is 5.95. The molecule has 136 valence electrons. The second-order valence-corrected chi connectivity index (χ2v) is 5.26. The normalized spacial score (nSPS) is 9.88. The Hall–Kier alpha value is -3.33. The molecular formula is C16H14ClN3O6. The standard InChI is InChI=1S/C16H14ClN3O6/c17-13-3-1-2-4-14(13)26-10-16(22)19-18-15(21)9-25-12-7-5-11(6-8-12)20(23)24/h1-8H,9-10H2,(H,18,21)(H,19,22). The fourth-order valence-corrected chi connectivity index (χ4v) is 1.92. The number of non-ortho nitro benzene ring substituents is 1. The number of hydrogen-bond donors (Lipinski definition) is 2. The maximum atomic E-state index is 11.6. The highest BCUT2D eigenvalue weighted by Gasteiger charge is 2.09. The largest absolute Gasteiger partial charge is 0.484 e. The van der Waals surface area contributed by atoms with Gasteiger partial charge in [-0.2, -0.15) is 0 Å². The van der Waals surface area contributed by atoms with E-state index in [0.717, 1.165) is 0 Å². The van der Waals surface area contributed by atoms with Gasteiger partial charge in [-0.3, -0.25) is 30.6 Å². The van der Waals surface area contributed by atoms with Gasteiger partial charge in [0.2, 0.25) is 0 Å². The number of nitro benzene ring substituents is 1. The lowest BCUT2D eigenvalue weighted by atomic mass is 10.3. The number of hydrazine groups is 1. The van der Waals surface area contributed by atoms with Crippen LogP contribution in [0.5, 0.6) is 11.5 Å². The van der Waals surface area contributed by atoms with Crippen LogP contribution in [-0.2, 0) is 9.59 Å². The van der Waals surface area contributed by atoms with E-state index in [1.54, 1.807) is 24.3 Å². The van der Waals surface area contributed by atoms with Crippen molar-refractivity contribution in [3.8, 4) is 11.5 Å². The van der Waals surface area contributed by atoms with E-state index in [-0.39, 0.29) is 24.7 Å². The van der Waals surface area contributed by atoms with E-state index < -0.39 is 16.7 Å². The highest BCUT2D eigenvalue weighted by Crippen LogP contribution is 2.22. The van der Waals surface area contributed by atoms with E-state index in [2.05, 4.69) is 10.9 Å². The molecule has 2 aromatic rings. The van der Waals surface area contributed by atoms with Gasteiger partial charge in [-0.15, -0.1) is 0 Å². The molecule has 0 radical (unpaired) electrons. The van der Waals surface area contributed by atoms with Gasteiger partial charge in [-0.25, -0.2) is 0 Å². The Labute approximate surface area is 153 Å². The SMILES string of the molecule is O=C(COc1ccc([N+](=O)[O-])cc1)NNC(=O)COc1ccccc1Cl. The number of nitro groups is 1. The van der Waals surface area contributed by atoms with Gasteiger partial charge in [0.25, 0.3) is 17.5 Å². The molecule has 0 bridgehead atoms. The number of amides is 2. The summed E-state index contributed by atoms with van der Waals surface area (Å²) in [6.07, 6.45) is 0. The summed E-state index contributed by atoms with van der Waals surface area (Å²) in [6, 6.07) is 11.9. The van der Waals surface area contributed by atoms with Gasteiger partial charge in [0, 0.05) is 12.1 Å². The Morgan fingerprint density at radius 1 is 0.962 bits per heavy atom. The molecule has 0 spiro atoms. The molecule has 2 aromatic carbocycles. The van der Waals surface area contributed by atoms with Gasteiger partial charge in [-0.05, 0) is 24.3 Å². The van der Waals surface area contributed by atoms with E-state index in [9.17, 15) is 19.7 Å². The minimum Gasteiger partial charge on any atom is -0.484 e. The summed E-state index contributed by atoms with van der Waals surface area (Å²) >= 11 is 5.88. The lowest BCUT2D eigenvalue weighted by molar-refractivity contribution is -0.384. The molecular weight excluding hydrogens is 366 g/mol. The number of rotatable bonds is 7. The van der Waals surface area contributed by atoms with Crippen LogP contribution >= 0.6 is 11.6 Å². The van der Waals surface area contributed by atoms with Crippen LogP contribution in [0.3, 0.4) is 0 Å². The molecule has 0 unspecified atom stereocenters. The quantitative estimate of drug-likeness (QED) is 0.559. The molecule has 0 saturated carbocycles. The van der Waals surface area contributed by atoms with E-state index in [1.165, 1.54) is 24.3 Å². The van der Waals surface area contributed by atoms with Gasteiger partial charge in [-0.1, -0.05) is 23.7 Å². The Balaban J connectivity index is 1.68. The lowest BCUT2D eigenvalue weighted by Crippen LogP contribution is -2.45. The van der Waals surface area contributed by atoms with Crippen LogP contribution in [0, 0.1) is 10.1 Å². The van der Waals surface area contributed by atoms with Crippen LogP contribution in [0.4, 0.5) is 5.69 Å². The summed E-state index contributed by atoms with van der Waals surface area (Å²) < 4.78 is 10.4. The Morgan fingerprint density at radius 3 is 2.12 bits per heavy atom. The van der Waals surface area contributed by atoms with Gasteiger partial charge in [0.1, 0.15) is 11.5 Å². The van der Waals surface area contributed by atoms with E-state index in [0.29, 0.717) is 10.8 Å². The third-order valence-corrected chi connectivity index (χ3v) is 3.27. The van der Waals surface area contributed by atoms with Crippen molar-refractivity contribution in [1.29, 1.82) is 0 Å². The summed E-state index contributed by atoms with van der Waals surface area (Å²) in [6.45, 7) is -0.726. The molecule has 0 saturated heterocycles. The van der Waals surface area contributed by atoms with Crippen LogP contribution < -0.4 is 20.3 Å². The molecule has 2 rings (SSSR count). The number of hydrogen-bond acceptors (Lipinski definition) is 6. The predicted molar refractivity (Wildman–Crippen MR) is 91.8 cm³/mol. The molecule has 0 aliphatic carbocycles. The number of halogens is 1. The van der Waals surface area contributed by atoms with Crippen LogP contribution in [-0.4, -0.2) is 30.0 Å². The fourth-order valence-electron chi connectivity index (χ4n) is 1.73. The number of ether oxygens (including phenoxy) is 2. The summed E-state index contributed by atoms with van der Waals surface area (Å²) in [5, 5.41) is 10.9. The van der Waals surface area contributed by atoms with Gasteiger partial charge in [0.15, 0.2) is 13.2 Å². The first kappa shape index (κ1) is 19.0. The van der Waals surface area contributed by atoms with Gasteiger partial charge < -0.3 is 9.47 Å². The van der Waals surface area contributed by atoms with Gasteiger partial charge >= 0.3 is 0 Å². The highest BCUT2D eigenvalue weighted by atomic mass is 35.5. The van der Waals surface area contributed by atoms with Crippen molar-refractivity contribution < 1.29 is 24.0 Å². The molecule has 0 aliphatic heterocycles. The third-order valence-electron chi connectivity index (χ3n) is 2.95. The zero-order valence-electron chi connectivity index (χ0n) is 13.3. The predicted octanol–water partition coefficient (Wildman–Crippen LogP) is 1.85. The van der Waals surface area contributed by atoms with E-state index in [1.807, 2.05) is 0 Å². The smallest absolute Gasteiger partial charge is 0.276 e. The zero-order valence-corrected chi connectivity index (χ0v) is 14.1. The van der Waals surface area contributed by atoms with Crippen molar-refractivity contribution in [2.75, 3.05) is 13.2 Å². The Bertz CT molecular complexity index is 797. The number of nitrogens with zero attached hydrogens (tertiary/aromatic N) is 1. The molecule has 0 atom stereocenters. The summed E-state index contributed by atoms with van der Waals surface area (Å²) in [7, 11) is 0. The maximum Gasteiger partial charge on any atom is 0.276 e. The fraction of sp³-hybridized carbons (Fsp3) is 0.125. The summed E-state index contributed by atoms with van der Waals surface area (Å²) in [5.41, 5.74) is 4.21. The lowest BCUT2D eigenvalue weighted by Gasteiger charge is -2.10. The highest BCUT2D eigenvalue weighted by molar-refractivity contribution is 6.32. The number of benzene rings is 2. The molecule has 0 aliphatic rings. The first-order valence-corrected chi connectivity index (χ1v) is 7.66. The van der Waals surface area contributed by atoms with Crippen molar-refractivity contribution in [3.05, 3.63) is 63.7 Å². The first-order chi connectivity index (χ1) is 12.5. The van der Waals surface area contributed by atoms with Crippen LogP contribution in [0.1, 0.15) is 0 Å². The van der Waals surface area contributed by atoms with Crippen molar-refractivity contribution in [2.45, 2.75) is 0 Å². The Kier molecular flexibility index (Phi) is 6.75. The van der Waals surface area contributed by atoms with Crippen LogP contribution in [0.25, 0.3) is 0 Å². The van der Waals surface area contributed by atoms with Crippen molar-refractivity contribution in [2.24, 2.45) is 0 Å². The van der Waals surface area contributed by atoms with Crippen molar-refractivity contribution in [1.82, 2.24) is 10.9 Å². The van der Waals surface area contributed by atoms with Crippen molar-refractivity contribution in [3.63, 3.8) is 0 Å². The Morgan fingerprint density at radius 2 is 1.54 bits per heavy atom. The average Bonchev–Trinajstić information content (AvgIpc) is 2.64. The second kappa shape index (κ2) is 9.23. The molecule has 2 amide bonds. The van der Waals surface area contributed by atoms with E-state index in [4.69, 9.17) is 21.1 Å². The molecule has 9 nitrogen and oxygen atoms in total. The summed E-state index contributed by atoms with van der Waals surface area (Å²) in [5.74, 6) is -0.584. The topological polar surface area (TPSA) is 120 Å². The maximum absolute atomic E-state index is 11.6. The van der Waals surface area contributed by atoms with Crippen molar-refractivity contribution >= 4 is 29.1 Å². The first-order valence-electron chi connectivity index (χ1n) is 7.28. The van der Waals surface area contributed by atoms with Crippen LogP contribution in [0.2, 0.25) is 5.02 Å². The number of nitrogens with one attached hydrogen (secondary N) is 2.